The number of hydrogen-bond acceptors (Lipinski definition) is 11. The zero-order chi connectivity index (χ0) is 28.5. The van der Waals surface area contributed by atoms with Gasteiger partial charge in [-0.1, -0.05) is 24.8 Å². The van der Waals surface area contributed by atoms with Crippen molar-refractivity contribution in [2.75, 3.05) is 59.5 Å². The van der Waals surface area contributed by atoms with Gasteiger partial charge in [0.2, 0.25) is 0 Å². The topological polar surface area (TPSA) is 109 Å². The Morgan fingerprint density at radius 2 is 1.63 bits per heavy atom. The molecule has 1 aliphatic heterocycles. The molecule has 0 aromatic heterocycles. The molecule has 218 valence electrons. The third kappa shape index (κ3) is 12.1. The van der Waals surface area contributed by atoms with Gasteiger partial charge in [0.25, 0.3) is 5.92 Å². The van der Waals surface area contributed by atoms with Gasteiger partial charge in [0.15, 0.2) is 11.7 Å². The van der Waals surface area contributed by atoms with Crippen molar-refractivity contribution in [3.05, 3.63) is 50.6 Å². The first-order valence-electron chi connectivity index (χ1n) is 11.1. The van der Waals surface area contributed by atoms with Crippen LogP contribution in [0.5, 0.6) is 0 Å². The van der Waals surface area contributed by atoms with E-state index in [9.17, 15) is 13.6 Å². The molecular formula is C23H32F4O11. The normalized spacial score (nSPS) is 22.2. The van der Waals surface area contributed by atoms with Crippen molar-refractivity contribution in [1.82, 2.24) is 0 Å². The van der Waals surface area contributed by atoms with Crippen LogP contribution >= 0.6 is 0 Å². The molecule has 3 atom stereocenters. The molecule has 0 spiro atoms. The smallest absolute Gasteiger partial charge is 0.379 e. The monoisotopic (exact) mass is 560 g/mol. The molecule has 15 heteroatoms. The molecule has 0 radical (unpaired) electrons. The Balaban J connectivity index is 3.08. The minimum atomic E-state index is -4.19. The van der Waals surface area contributed by atoms with Gasteiger partial charge >= 0.3 is 12.1 Å². The van der Waals surface area contributed by atoms with E-state index in [2.05, 4.69) is 31.1 Å². The number of alkyl halides is 4. The molecule has 0 aliphatic carbocycles. The van der Waals surface area contributed by atoms with Gasteiger partial charge in [0.1, 0.15) is 52.4 Å². The van der Waals surface area contributed by atoms with Crippen LogP contribution in [0.1, 0.15) is 0 Å². The lowest BCUT2D eigenvalue weighted by Crippen LogP contribution is -2.62. The Bertz CT molecular complexity index is 753. The van der Waals surface area contributed by atoms with E-state index in [1.165, 1.54) is 18.2 Å². The molecule has 1 heterocycles. The first-order valence-corrected chi connectivity index (χ1v) is 11.1. The molecule has 11 nitrogen and oxygen atoms in total. The maximum atomic E-state index is 15.4. The van der Waals surface area contributed by atoms with E-state index >= 15 is 8.78 Å². The van der Waals surface area contributed by atoms with Crippen LogP contribution < -0.4 is 0 Å². The van der Waals surface area contributed by atoms with Crippen molar-refractivity contribution < 1.29 is 70.6 Å². The standard InChI is InChI=1S/C23H32F4O11/c1-5-9-32-35-13-18(37-33-10-6-2)12-29-16-22(24,25)20-21(38-34-11-7-3,15-31-19(28)8-4)14-30-17-23(26,27)36-20/h5-8,18,20H,1-4,9-17H2. The third-order valence-electron chi connectivity index (χ3n) is 4.32. The summed E-state index contributed by atoms with van der Waals surface area (Å²) >= 11 is 0. The average molecular weight is 560 g/mol. The van der Waals surface area contributed by atoms with E-state index in [4.69, 9.17) is 43.5 Å². The van der Waals surface area contributed by atoms with Crippen molar-refractivity contribution >= 4 is 5.97 Å². The lowest BCUT2D eigenvalue weighted by molar-refractivity contribution is -0.414. The van der Waals surface area contributed by atoms with Gasteiger partial charge in [-0.2, -0.15) is 8.78 Å². The first-order chi connectivity index (χ1) is 18.1. The minimum Gasteiger partial charge on any atom is -0.459 e. The van der Waals surface area contributed by atoms with Crippen LogP contribution in [0.15, 0.2) is 50.6 Å². The summed E-state index contributed by atoms with van der Waals surface area (Å²) < 4.78 is 78.5. The van der Waals surface area contributed by atoms with Gasteiger partial charge in [-0.15, -0.1) is 19.7 Å². The highest BCUT2D eigenvalue weighted by Gasteiger charge is 2.62. The van der Waals surface area contributed by atoms with E-state index in [0.29, 0.717) is 0 Å². The molecule has 1 fully saturated rings. The van der Waals surface area contributed by atoms with E-state index in [-0.39, 0.29) is 26.4 Å². The van der Waals surface area contributed by atoms with Gasteiger partial charge < -0.3 is 18.9 Å². The van der Waals surface area contributed by atoms with E-state index < -0.39 is 68.8 Å². The summed E-state index contributed by atoms with van der Waals surface area (Å²) in [6.07, 6.45) is -3.36. The lowest BCUT2D eigenvalue weighted by Gasteiger charge is -2.39. The number of carbonyl (C=O) groups excluding carboxylic acids is 1. The Morgan fingerprint density at radius 3 is 2.29 bits per heavy atom. The van der Waals surface area contributed by atoms with Crippen molar-refractivity contribution in [1.29, 1.82) is 0 Å². The fourth-order valence-corrected chi connectivity index (χ4v) is 2.77. The summed E-state index contributed by atoms with van der Waals surface area (Å²) in [5, 5.41) is 0. The molecule has 0 aromatic carbocycles. The van der Waals surface area contributed by atoms with Crippen molar-refractivity contribution in [2.24, 2.45) is 0 Å². The first kappa shape index (κ1) is 33.8. The van der Waals surface area contributed by atoms with Crippen molar-refractivity contribution in [3.8, 4) is 0 Å². The SMILES string of the molecule is C=CCOOCC(COCC(F)(F)C1OC(F)(F)COCC1(COC(=O)C=C)OOCC=C)OOCC=C. The number of rotatable bonds is 21. The largest absolute Gasteiger partial charge is 0.459 e. The Morgan fingerprint density at radius 1 is 0.974 bits per heavy atom. The minimum absolute atomic E-state index is 0.0287. The second-order valence-electron chi connectivity index (χ2n) is 7.59. The zero-order valence-corrected chi connectivity index (χ0v) is 20.7. The van der Waals surface area contributed by atoms with Gasteiger partial charge in [-0.05, 0) is 0 Å². The maximum Gasteiger partial charge on any atom is 0.379 e. The lowest BCUT2D eigenvalue weighted by atomic mass is 9.93. The highest BCUT2D eigenvalue weighted by molar-refractivity contribution is 5.81. The van der Waals surface area contributed by atoms with E-state index in [0.717, 1.165) is 6.08 Å². The van der Waals surface area contributed by atoms with Gasteiger partial charge in [0, 0.05) is 6.08 Å². The van der Waals surface area contributed by atoms with E-state index in [1.807, 2.05) is 0 Å². The Labute approximate surface area is 217 Å². The summed E-state index contributed by atoms with van der Waals surface area (Å²) in [5.74, 6) is -5.24. The zero-order valence-electron chi connectivity index (χ0n) is 20.7. The number of ether oxygens (including phenoxy) is 4. The third-order valence-corrected chi connectivity index (χ3v) is 4.32. The molecule has 0 saturated carbocycles. The molecule has 3 unspecified atom stereocenters. The summed E-state index contributed by atoms with van der Waals surface area (Å²) in [4.78, 5) is 40.9. The van der Waals surface area contributed by atoms with Crippen LogP contribution in [0.25, 0.3) is 0 Å². The molecule has 1 aliphatic rings. The van der Waals surface area contributed by atoms with Crippen LogP contribution in [0, 0.1) is 0 Å². The fraction of sp³-hybridized carbons (Fsp3) is 0.609. The van der Waals surface area contributed by atoms with Crippen LogP contribution in [-0.4, -0.2) is 95.3 Å². The molecule has 1 saturated heterocycles. The van der Waals surface area contributed by atoms with Gasteiger partial charge in [-0.3, -0.25) is 0 Å². The molecule has 1 rings (SSSR count). The van der Waals surface area contributed by atoms with Crippen LogP contribution in [0.4, 0.5) is 17.6 Å². The number of halogens is 4. The Kier molecular flexibility index (Phi) is 15.5. The van der Waals surface area contributed by atoms with Crippen LogP contribution in [0.3, 0.4) is 0 Å². The second kappa shape index (κ2) is 17.4. The van der Waals surface area contributed by atoms with Crippen LogP contribution in [0.2, 0.25) is 0 Å². The fourth-order valence-electron chi connectivity index (χ4n) is 2.77. The molecule has 0 aromatic rings. The summed E-state index contributed by atoms with van der Waals surface area (Å²) in [7, 11) is 0. The molecule has 0 bridgehead atoms. The molecule has 0 N–H and O–H groups in total. The predicted octanol–water partition coefficient (Wildman–Crippen LogP) is 2.89. The van der Waals surface area contributed by atoms with Gasteiger partial charge in [0.05, 0.1) is 13.2 Å². The molecule has 38 heavy (non-hydrogen) atoms. The molecular weight excluding hydrogens is 528 g/mol. The highest BCUT2D eigenvalue weighted by atomic mass is 19.3. The Hall–Kier alpha value is -2.21. The quantitative estimate of drug-likeness (QED) is 0.0393. The number of hydrogen-bond donors (Lipinski definition) is 0. The second-order valence-corrected chi connectivity index (χ2v) is 7.59. The van der Waals surface area contributed by atoms with E-state index in [1.54, 1.807) is 0 Å². The van der Waals surface area contributed by atoms with Crippen molar-refractivity contribution in [2.45, 2.75) is 29.8 Å². The number of esters is 1. The van der Waals surface area contributed by atoms with Crippen molar-refractivity contribution in [3.63, 3.8) is 0 Å². The van der Waals surface area contributed by atoms with Crippen LogP contribution in [-0.2, 0) is 53.1 Å². The average Bonchev–Trinajstić information content (AvgIpc) is 3.01. The summed E-state index contributed by atoms with van der Waals surface area (Å²) in [6.45, 7) is 7.36. The predicted molar refractivity (Wildman–Crippen MR) is 121 cm³/mol. The highest BCUT2D eigenvalue weighted by Crippen LogP contribution is 2.40. The summed E-state index contributed by atoms with van der Waals surface area (Å²) in [6, 6.07) is 0. The molecule has 0 amide bonds. The maximum absolute atomic E-state index is 15.4. The number of carbonyl (C=O) groups is 1. The van der Waals surface area contributed by atoms with Gasteiger partial charge in [-0.25, -0.2) is 42.9 Å². The summed E-state index contributed by atoms with van der Waals surface area (Å²) in [5.41, 5.74) is -2.56.